The molecule has 2 amide bonds. The first-order valence-corrected chi connectivity index (χ1v) is 10.8. The normalized spacial score (nSPS) is 19.2. The lowest BCUT2D eigenvalue weighted by atomic mass is 9.99. The molecule has 2 aliphatic rings. The van der Waals surface area contributed by atoms with Crippen molar-refractivity contribution in [1.29, 1.82) is 0 Å². The van der Waals surface area contributed by atoms with Crippen LogP contribution in [0.15, 0.2) is 63.7 Å². The van der Waals surface area contributed by atoms with Gasteiger partial charge in [-0.2, -0.15) is 9.42 Å². The number of nitrogens with zero attached hydrogens (tertiary/aromatic N) is 3. The smallest absolute Gasteiger partial charge is 0.295 e. The van der Waals surface area contributed by atoms with Crippen LogP contribution >= 0.6 is 0 Å². The standard InChI is InChI=1S/C20H20N4O4S/c25-19(21-13-18-16-5-1-2-6-17(16)20(26)23-22-18)14-7-9-15(10-8-14)29(27,28)24-11-3-4-12-24/h1-2,5-10,18H,3-4,11-13H2,(H,21,25). The number of carbonyl (C=O) groups is 2. The largest absolute Gasteiger partial charge is 0.349 e. The summed E-state index contributed by atoms with van der Waals surface area (Å²) >= 11 is 0. The monoisotopic (exact) mass is 412 g/mol. The Hall–Kier alpha value is -2.91. The average molecular weight is 412 g/mol. The van der Waals surface area contributed by atoms with E-state index in [1.807, 2.05) is 0 Å². The predicted octanol–water partition coefficient (Wildman–Crippen LogP) is 2.55. The van der Waals surface area contributed by atoms with Gasteiger partial charge >= 0.3 is 0 Å². The van der Waals surface area contributed by atoms with E-state index in [1.54, 1.807) is 24.3 Å². The molecule has 0 saturated carbocycles. The lowest BCUT2D eigenvalue weighted by Crippen LogP contribution is -2.30. The zero-order valence-corrected chi connectivity index (χ0v) is 16.4. The Bertz CT molecular complexity index is 1070. The fraction of sp³-hybridized carbons (Fsp3) is 0.300. The number of fused-ring (bicyclic) bond motifs is 1. The molecule has 0 aromatic heterocycles. The van der Waals surface area contributed by atoms with Gasteiger partial charge in [0, 0.05) is 30.8 Å². The van der Waals surface area contributed by atoms with Crippen molar-refractivity contribution in [2.75, 3.05) is 19.6 Å². The zero-order chi connectivity index (χ0) is 20.4. The number of hydrogen-bond donors (Lipinski definition) is 1. The van der Waals surface area contributed by atoms with Gasteiger partial charge in [-0.05, 0) is 48.7 Å². The molecule has 0 spiro atoms. The van der Waals surface area contributed by atoms with E-state index in [0.717, 1.165) is 18.4 Å². The molecule has 2 aromatic rings. The first-order valence-electron chi connectivity index (χ1n) is 9.39. The topological polar surface area (TPSA) is 108 Å². The Morgan fingerprint density at radius 2 is 1.76 bits per heavy atom. The molecule has 0 bridgehead atoms. The van der Waals surface area contributed by atoms with Crippen molar-refractivity contribution in [3.8, 4) is 0 Å². The van der Waals surface area contributed by atoms with Crippen LogP contribution in [-0.2, 0) is 10.0 Å². The molecule has 29 heavy (non-hydrogen) atoms. The minimum Gasteiger partial charge on any atom is -0.349 e. The third-order valence-corrected chi connectivity index (χ3v) is 7.03. The van der Waals surface area contributed by atoms with E-state index < -0.39 is 22.0 Å². The van der Waals surface area contributed by atoms with E-state index >= 15 is 0 Å². The SMILES string of the molecule is O=C(NCC1N=NC(=O)c2ccccc21)c1ccc(S(=O)(=O)N2CCCC2)cc1. The quantitative estimate of drug-likeness (QED) is 0.814. The predicted molar refractivity (Wildman–Crippen MR) is 105 cm³/mol. The van der Waals surface area contributed by atoms with Crippen LogP contribution in [-0.4, -0.2) is 44.2 Å². The summed E-state index contributed by atoms with van der Waals surface area (Å²) in [5.74, 6) is -0.738. The lowest BCUT2D eigenvalue weighted by Gasteiger charge is -2.18. The maximum absolute atomic E-state index is 12.6. The molecular weight excluding hydrogens is 392 g/mol. The van der Waals surface area contributed by atoms with Gasteiger partial charge in [0.25, 0.3) is 11.8 Å². The molecule has 1 fully saturated rings. The number of azo groups is 1. The average Bonchev–Trinajstić information content (AvgIpc) is 3.29. The number of amides is 2. The van der Waals surface area contributed by atoms with Gasteiger partial charge in [0.05, 0.1) is 4.90 Å². The molecule has 150 valence electrons. The number of rotatable bonds is 5. The van der Waals surface area contributed by atoms with Crippen molar-refractivity contribution < 1.29 is 18.0 Å². The van der Waals surface area contributed by atoms with Gasteiger partial charge in [-0.25, -0.2) is 8.42 Å². The summed E-state index contributed by atoms with van der Waals surface area (Å²) < 4.78 is 26.6. The third kappa shape index (κ3) is 3.83. The van der Waals surface area contributed by atoms with Crippen molar-refractivity contribution in [3.63, 3.8) is 0 Å². The van der Waals surface area contributed by atoms with Gasteiger partial charge in [0.15, 0.2) is 0 Å². The molecule has 0 radical (unpaired) electrons. The van der Waals surface area contributed by atoms with Crippen molar-refractivity contribution in [2.24, 2.45) is 10.2 Å². The van der Waals surface area contributed by atoms with E-state index in [1.165, 1.54) is 28.6 Å². The van der Waals surface area contributed by atoms with Crippen LogP contribution in [0.4, 0.5) is 0 Å². The molecule has 2 heterocycles. The second-order valence-electron chi connectivity index (χ2n) is 6.97. The number of hydrogen-bond acceptors (Lipinski definition) is 5. The number of benzene rings is 2. The molecule has 2 aliphatic heterocycles. The molecule has 1 N–H and O–H groups in total. The summed E-state index contributed by atoms with van der Waals surface area (Å²) in [6.45, 7) is 1.25. The second-order valence-corrected chi connectivity index (χ2v) is 8.91. The summed E-state index contributed by atoms with van der Waals surface area (Å²) in [6, 6.07) is 12.5. The molecule has 1 unspecified atom stereocenters. The van der Waals surface area contributed by atoms with Crippen molar-refractivity contribution in [2.45, 2.75) is 23.8 Å². The van der Waals surface area contributed by atoms with Gasteiger partial charge in [0.2, 0.25) is 10.0 Å². The van der Waals surface area contributed by atoms with Crippen molar-refractivity contribution in [3.05, 3.63) is 65.2 Å². The van der Waals surface area contributed by atoms with E-state index in [0.29, 0.717) is 24.2 Å². The fourth-order valence-corrected chi connectivity index (χ4v) is 5.04. The van der Waals surface area contributed by atoms with Crippen LogP contribution in [0.25, 0.3) is 0 Å². The highest BCUT2D eigenvalue weighted by Crippen LogP contribution is 2.26. The highest BCUT2D eigenvalue weighted by molar-refractivity contribution is 7.89. The number of sulfonamides is 1. The Labute approximate surface area is 168 Å². The summed E-state index contributed by atoms with van der Waals surface area (Å²) in [7, 11) is -3.51. The first-order chi connectivity index (χ1) is 14.0. The Morgan fingerprint density at radius 3 is 2.48 bits per heavy atom. The maximum atomic E-state index is 12.6. The van der Waals surface area contributed by atoms with E-state index in [-0.39, 0.29) is 17.3 Å². The molecule has 1 atom stereocenters. The van der Waals surface area contributed by atoms with E-state index in [9.17, 15) is 18.0 Å². The van der Waals surface area contributed by atoms with Crippen LogP contribution < -0.4 is 5.32 Å². The molecule has 4 rings (SSSR count). The lowest BCUT2D eigenvalue weighted by molar-refractivity contribution is 0.0950. The van der Waals surface area contributed by atoms with Crippen LogP contribution in [0.1, 0.15) is 45.2 Å². The van der Waals surface area contributed by atoms with Crippen LogP contribution in [0.3, 0.4) is 0 Å². The Morgan fingerprint density at radius 1 is 1.07 bits per heavy atom. The maximum Gasteiger partial charge on any atom is 0.295 e. The molecule has 8 nitrogen and oxygen atoms in total. The Kier molecular flexibility index (Phi) is 5.25. The van der Waals surface area contributed by atoms with Crippen LogP contribution in [0.2, 0.25) is 0 Å². The minimum absolute atomic E-state index is 0.181. The first kappa shape index (κ1) is 19.4. The molecule has 0 aliphatic carbocycles. The van der Waals surface area contributed by atoms with Gasteiger partial charge in [-0.15, -0.1) is 5.11 Å². The minimum atomic E-state index is -3.51. The van der Waals surface area contributed by atoms with E-state index in [2.05, 4.69) is 15.5 Å². The van der Waals surface area contributed by atoms with Crippen molar-refractivity contribution in [1.82, 2.24) is 9.62 Å². The molecular formula is C20H20N4O4S. The van der Waals surface area contributed by atoms with Crippen LogP contribution in [0, 0.1) is 0 Å². The summed E-state index contributed by atoms with van der Waals surface area (Å²) in [4.78, 5) is 24.5. The fourth-order valence-electron chi connectivity index (χ4n) is 3.52. The Balaban J connectivity index is 1.43. The summed E-state index contributed by atoms with van der Waals surface area (Å²) in [6.07, 6.45) is 1.74. The molecule has 9 heteroatoms. The summed E-state index contributed by atoms with van der Waals surface area (Å²) in [5, 5.41) is 10.4. The van der Waals surface area contributed by atoms with Crippen molar-refractivity contribution >= 4 is 21.8 Å². The number of nitrogens with one attached hydrogen (secondary N) is 1. The third-order valence-electron chi connectivity index (χ3n) is 5.11. The molecule has 2 aromatic carbocycles. The second kappa shape index (κ2) is 7.84. The molecule has 1 saturated heterocycles. The van der Waals surface area contributed by atoms with Gasteiger partial charge < -0.3 is 5.32 Å². The van der Waals surface area contributed by atoms with Gasteiger partial charge in [-0.1, -0.05) is 18.2 Å². The van der Waals surface area contributed by atoms with Gasteiger partial charge in [0.1, 0.15) is 6.04 Å². The van der Waals surface area contributed by atoms with Gasteiger partial charge in [-0.3, -0.25) is 9.59 Å². The highest BCUT2D eigenvalue weighted by Gasteiger charge is 2.27. The zero-order valence-electron chi connectivity index (χ0n) is 15.6. The van der Waals surface area contributed by atoms with E-state index in [4.69, 9.17) is 0 Å². The number of carbonyl (C=O) groups excluding carboxylic acids is 2. The van der Waals surface area contributed by atoms with Crippen LogP contribution in [0.5, 0.6) is 0 Å². The summed E-state index contributed by atoms with van der Waals surface area (Å²) in [5.41, 5.74) is 1.56. The highest BCUT2D eigenvalue weighted by atomic mass is 32.2.